The van der Waals surface area contributed by atoms with E-state index in [2.05, 4.69) is 24.6 Å². The molecule has 0 saturated heterocycles. The molecule has 17 heavy (non-hydrogen) atoms. The Bertz CT molecular complexity index is 298. The van der Waals surface area contributed by atoms with Gasteiger partial charge in [0.1, 0.15) is 0 Å². The molecule has 3 heteroatoms. The van der Waals surface area contributed by atoms with Gasteiger partial charge < -0.3 is 48.0 Å². The molecule has 0 radical (unpaired) electrons. The van der Waals surface area contributed by atoms with E-state index in [1.165, 1.54) is 19.3 Å². The Morgan fingerprint density at radius 2 is 1.82 bits per heavy atom. The number of halogens is 2. The van der Waals surface area contributed by atoms with Crippen molar-refractivity contribution in [1.29, 1.82) is 0 Å². The van der Waals surface area contributed by atoms with Crippen LogP contribution in [0.3, 0.4) is 0 Å². The summed E-state index contributed by atoms with van der Waals surface area (Å²) < 4.78 is 0. The minimum atomic E-state index is 0. The van der Waals surface area contributed by atoms with Gasteiger partial charge in [-0.3, -0.25) is 0 Å². The molecule has 1 unspecified atom stereocenters. The summed E-state index contributed by atoms with van der Waals surface area (Å²) in [5.74, 6) is 0.884. The van der Waals surface area contributed by atoms with Crippen LogP contribution in [0.5, 0.6) is 0 Å². The Labute approximate surface area is 158 Å². The van der Waals surface area contributed by atoms with Crippen LogP contribution in [0.15, 0.2) is 54.1 Å². The standard InChI is InChI=1S/C9H11.C5H5.Hf.2HI/c1-2-5-9-7-3-6-8(9)4-1;1-2-4-5-3-1;;;/h1-2,4,6,9H,3,5,7H2;1-5H;;2*1H/q2*-1;+4;;/p-2. The van der Waals surface area contributed by atoms with Crippen LogP contribution in [0.4, 0.5) is 0 Å². The van der Waals surface area contributed by atoms with Gasteiger partial charge in [-0.2, -0.15) is 18.2 Å². The number of rotatable bonds is 0. The fraction of sp³-hybridized carbons (Fsp3) is 0.286. The molecule has 1 atom stereocenters. The summed E-state index contributed by atoms with van der Waals surface area (Å²) in [4.78, 5) is 0. The average Bonchev–Trinajstić information content (AvgIpc) is 2.92. The molecule has 2 aliphatic rings. The van der Waals surface area contributed by atoms with E-state index < -0.39 is 0 Å². The first-order valence-corrected chi connectivity index (χ1v) is 5.33. The van der Waals surface area contributed by atoms with Crippen molar-refractivity contribution in [3.8, 4) is 0 Å². The molecule has 0 aromatic heterocycles. The molecule has 0 spiro atoms. The summed E-state index contributed by atoms with van der Waals surface area (Å²) in [5, 5.41) is 0. The Morgan fingerprint density at radius 3 is 2.35 bits per heavy atom. The molecule has 0 aliphatic heterocycles. The molecule has 0 amide bonds. The Morgan fingerprint density at radius 1 is 1.12 bits per heavy atom. The molecule has 1 saturated carbocycles. The quantitative estimate of drug-likeness (QED) is 0.178. The van der Waals surface area contributed by atoms with E-state index in [1.54, 1.807) is 5.57 Å². The fourth-order valence-electron chi connectivity index (χ4n) is 1.99. The third-order valence-corrected chi connectivity index (χ3v) is 2.77. The largest absolute Gasteiger partial charge is 4.00 e. The second kappa shape index (κ2) is 12.1. The van der Waals surface area contributed by atoms with Crippen molar-refractivity contribution in [3.05, 3.63) is 60.6 Å². The summed E-state index contributed by atoms with van der Waals surface area (Å²) in [5.41, 5.74) is 1.58. The fourth-order valence-corrected chi connectivity index (χ4v) is 1.99. The van der Waals surface area contributed by atoms with Crippen LogP contribution in [-0.2, 0) is 25.8 Å². The van der Waals surface area contributed by atoms with Gasteiger partial charge in [0.15, 0.2) is 0 Å². The van der Waals surface area contributed by atoms with E-state index in [-0.39, 0.29) is 73.8 Å². The van der Waals surface area contributed by atoms with E-state index >= 15 is 0 Å². The van der Waals surface area contributed by atoms with Crippen molar-refractivity contribution in [2.75, 3.05) is 0 Å². The molecular formula is C14H16HfI2. The minimum Gasteiger partial charge on any atom is -1.00 e. The van der Waals surface area contributed by atoms with Crippen LogP contribution in [0, 0.1) is 12.3 Å². The van der Waals surface area contributed by atoms with Gasteiger partial charge in [-0.25, -0.2) is 30.2 Å². The first-order valence-electron chi connectivity index (χ1n) is 5.33. The second-order valence-corrected chi connectivity index (χ2v) is 3.77. The average molecular weight is 617 g/mol. The number of hydrogen-bond acceptors (Lipinski definition) is 0. The van der Waals surface area contributed by atoms with E-state index in [1.807, 2.05) is 30.3 Å². The summed E-state index contributed by atoms with van der Waals surface area (Å²) in [7, 11) is 0. The first kappa shape index (κ1) is 20.3. The van der Waals surface area contributed by atoms with Gasteiger partial charge in [-0.15, -0.1) is 18.6 Å². The van der Waals surface area contributed by atoms with Crippen molar-refractivity contribution >= 4 is 0 Å². The summed E-state index contributed by atoms with van der Waals surface area (Å²) >= 11 is 0. The predicted octanol–water partition coefficient (Wildman–Crippen LogP) is -2.10. The first-order chi connectivity index (χ1) is 6.97. The predicted molar refractivity (Wildman–Crippen MR) is 60.9 cm³/mol. The molecule has 1 fully saturated rings. The molecule has 90 valence electrons. The van der Waals surface area contributed by atoms with Gasteiger partial charge in [-0.05, 0) is 12.3 Å². The molecule has 1 aromatic carbocycles. The third kappa shape index (κ3) is 7.25. The normalized spacial score (nSPS) is 18.8. The van der Waals surface area contributed by atoms with Gasteiger partial charge >= 0.3 is 25.8 Å². The molecule has 0 bridgehead atoms. The minimum absolute atomic E-state index is 0. The number of fused-ring (bicyclic) bond motifs is 1. The van der Waals surface area contributed by atoms with Crippen LogP contribution >= 0.6 is 0 Å². The molecule has 0 heterocycles. The Kier molecular flexibility index (Phi) is 14.5. The molecule has 2 aliphatic carbocycles. The third-order valence-electron chi connectivity index (χ3n) is 2.77. The van der Waals surface area contributed by atoms with Gasteiger partial charge in [-0.1, -0.05) is 6.42 Å². The summed E-state index contributed by atoms with van der Waals surface area (Å²) in [6.07, 6.45) is 13.0. The maximum Gasteiger partial charge on any atom is 4.00 e. The topological polar surface area (TPSA) is 0 Å². The van der Waals surface area contributed by atoms with Crippen LogP contribution in [-0.4, -0.2) is 0 Å². The second-order valence-electron chi connectivity index (χ2n) is 3.77. The molecule has 0 nitrogen and oxygen atoms in total. The molecule has 3 rings (SSSR count). The zero-order chi connectivity index (χ0) is 9.64. The van der Waals surface area contributed by atoms with Crippen LogP contribution in [0.2, 0.25) is 0 Å². The van der Waals surface area contributed by atoms with Crippen molar-refractivity contribution in [2.45, 2.75) is 19.3 Å². The maximum atomic E-state index is 2.37. The van der Waals surface area contributed by atoms with Crippen LogP contribution in [0.25, 0.3) is 0 Å². The molecule has 1 aromatic rings. The van der Waals surface area contributed by atoms with Gasteiger partial charge in [0.2, 0.25) is 0 Å². The number of hydrogen-bond donors (Lipinski definition) is 0. The smallest absolute Gasteiger partial charge is 1.00 e. The van der Waals surface area contributed by atoms with Gasteiger partial charge in [0.05, 0.1) is 0 Å². The van der Waals surface area contributed by atoms with Gasteiger partial charge in [0, 0.05) is 0 Å². The molecular weight excluding hydrogens is 600 g/mol. The van der Waals surface area contributed by atoms with E-state index in [0.29, 0.717) is 0 Å². The Hall–Kier alpha value is 1.03. The summed E-state index contributed by atoms with van der Waals surface area (Å²) in [6.45, 7) is 0. The van der Waals surface area contributed by atoms with Crippen molar-refractivity contribution in [3.63, 3.8) is 0 Å². The number of allylic oxidation sites excluding steroid dienone is 4. The zero-order valence-electron chi connectivity index (χ0n) is 9.65. The van der Waals surface area contributed by atoms with E-state index in [9.17, 15) is 0 Å². The monoisotopic (exact) mass is 618 g/mol. The SMILES string of the molecule is C1=CCC2CC[CH-]C2=C1.[Hf+4].[I-].[I-].c1cc[cH-]c1. The van der Waals surface area contributed by atoms with Crippen molar-refractivity contribution < 1.29 is 73.8 Å². The maximum absolute atomic E-state index is 2.37. The van der Waals surface area contributed by atoms with Crippen LogP contribution < -0.4 is 48.0 Å². The summed E-state index contributed by atoms with van der Waals surface area (Å²) in [6, 6.07) is 10.0. The molecule has 0 N–H and O–H groups in total. The van der Waals surface area contributed by atoms with Crippen LogP contribution in [0.1, 0.15) is 19.3 Å². The van der Waals surface area contributed by atoms with Crippen molar-refractivity contribution in [1.82, 2.24) is 0 Å². The Balaban J connectivity index is 0. The van der Waals surface area contributed by atoms with E-state index in [4.69, 9.17) is 0 Å². The van der Waals surface area contributed by atoms with Gasteiger partial charge in [0.25, 0.3) is 0 Å². The zero-order valence-corrected chi connectivity index (χ0v) is 17.6. The van der Waals surface area contributed by atoms with E-state index in [0.717, 1.165) is 5.92 Å². The van der Waals surface area contributed by atoms with Crippen molar-refractivity contribution in [2.24, 2.45) is 5.92 Å².